The molecule has 90 valence electrons. The Kier molecular flexibility index (Phi) is 5.02. The molecule has 0 aliphatic heterocycles. The van der Waals surface area contributed by atoms with Gasteiger partial charge in [-0.05, 0) is 23.2 Å². The monoisotopic (exact) mass is 362 g/mol. The molecule has 0 amide bonds. The van der Waals surface area contributed by atoms with Gasteiger partial charge < -0.3 is 9.84 Å². The molecule has 0 aliphatic rings. The van der Waals surface area contributed by atoms with Crippen LogP contribution in [0.5, 0.6) is 5.75 Å². The van der Waals surface area contributed by atoms with Crippen molar-refractivity contribution in [2.24, 2.45) is 0 Å². The fourth-order valence-corrected chi connectivity index (χ4v) is 2.15. The van der Waals surface area contributed by atoms with E-state index in [9.17, 15) is 0 Å². The minimum Gasteiger partial charge on any atom is -0.433 e. The number of ether oxygens (including phenoxy) is 1. The second-order valence-corrected chi connectivity index (χ2v) is 5.60. The number of hydrogen-bond acceptors (Lipinski definition) is 2. The van der Waals surface area contributed by atoms with E-state index in [-0.39, 0.29) is 30.9 Å². The summed E-state index contributed by atoms with van der Waals surface area (Å²) < 4.78 is 2.15. The summed E-state index contributed by atoms with van der Waals surface area (Å²) in [6.07, 6.45) is 0. The lowest BCUT2D eigenvalue weighted by atomic mass is 10.3. The minimum atomic E-state index is -2.52. The van der Waals surface area contributed by atoms with Gasteiger partial charge in [0.25, 0.3) is 0 Å². The van der Waals surface area contributed by atoms with Gasteiger partial charge in [0.05, 0.1) is 15.1 Å². The summed E-state index contributed by atoms with van der Waals surface area (Å²) in [4.78, 5) is 0. The van der Waals surface area contributed by atoms with Crippen molar-refractivity contribution in [2.45, 2.75) is 4.71 Å². The first kappa shape index (κ1) is 15.1. The molecule has 9 heteroatoms. The Balaban J connectivity index is 3.40. The van der Waals surface area contributed by atoms with Gasteiger partial charge in [-0.3, -0.25) is 0 Å². The fraction of sp³-hybridized carbons (Fsp3) is 0.143. The quantitative estimate of drug-likeness (QED) is 0.329. The third-order valence-electron chi connectivity index (χ3n) is 1.39. The zero-order valence-electron chi connectivity index (χ0n) is 7.00. The Bertz CT molecular complexity index is 397. The van der Waals surface area contributed by atoms with Crippen LogP contribution in [0.3, 0.4) is 0 Å². The average molecular weight is 365 g/mol. The number of aliphatic hydroxyl groups is 1. The van der Waals surface area contributed by atoms with Gasteiger partial charge in [0.2, 0.25) is 0 Å². The normalized spacial score (nSPS) is 11.8. The lowest BCUT2D eigenvalue weighted by Gasteiger charge is -2.18. The van der Waals surface area contributed by atoms with Gasteiger partial charge in [0.15, 0.2) is 5.75 Å². The maximum Gasteiger partial charge on any atom is 0.373 e. The van der Waals surface area contributed by atoms with E-state index in [1.165, 1.54) is 0 Å². The largest absolute Gasteiger partial charge is 0.433 e. The van der Waals surface area contributed by atoms with E-state index >= 15 is 0 Å². The van der Waals surface area contributed by atoms with E-state index < -0.39 is 4.71 Å². The Labute approximate surface area is 126 Å². The van der Waals surface area contributed by atoms with E-state index in [2.05, 4.69) is 4.74 Å². The Morgan fingerprint density at radius 2 is 1.06 bits per heavy atom. The minimum absolute atomic E-state index is 0.0432. The molecule has 0 saturated heterocycles. The molecule has 1 aromatic rings. The van der Waals surface area contributed by atoms with Crippen LogP contribution in [0.15, 0.2) is 0 Å². The van der Waals surface area contributed by atoms with Crippen molar-refractivity contribution in [2.75, 3.05) is 0 Å². The number of alkyl halides is 2. The van der Waals surface area contributed by atoms with Gasteiger partial charge in [-0.2, -0.15) is 0 Å². The number of hydrogen-bond donors (Lipinski definition) is 1. The van der Waals surface area contributed by atoms with E-state index in [0.717, 1.165) is 0 Å². The molecule has 0 fully saturated rings. The summed E-state index contributed by atoms with van der Waals surface area (Å²) in [6.45, 7) is 0. The predicted molar refractivity (Wildman–Crippen MR) is 68.8 cm³/mol. The summed E-state index contributed by atoms with van der Waals surface area (Å²) >= 11 is 39.2. The van der Waals surface area contributed by atoms with Crippen LogP contribution in [0, 0.1) is 0 Å². The SMILES string of the molecule is OC(Cl)(Cl)Oc1c(Cl)c(Cl)c(Cl)c(Cl)c1Cl. The highest BCUT2D eigenvalue weighted by Crippen LogP contribution is 2.49. The van der Waals surface area contributed by atoms with Gasteiger partial charge in [0, 0.05) is 0 Å². The highest BCUT2D eigenvalue weighted by atomic mass is 35.5. The molecule has 2 nitrogen and oxygen atoms in total. The van der Waals surface area contributed by atoms with Crippen molar-refractivity contribution in [3.63, 3.8) is 0 Å². The molecule has 1 aromatic carbocycles. The molecule has 1 rings (SSSR count). The Hall–Kier alpha value is 1.01. The smallest absolute Gasteiger partial charge is 0.373 e. The van der Waals surface area contributed by atoms with Crippen molar-refractivity contribution in [3.8, 4) is 5.75 Å². The molecule has 0 saturated carbocycles. The topological polar surface area (TPSA) is 29.5 Å². The lowest BCUT2D eigenvalue weighted by molar-refractivity contribution is 0.0144. The summed E-state index contributed by atoms with van der Waals surface area (Å²) in [7, 11) is 0. The van der Waals surface area contributed by atoms with Crippen molar-refractivity contribution in [1.82, 2.24) is 0 Å². The molecule has 0 bridgehead atoms. The molecule has 0 aromatic heterocycles. The van der Waals surface area contributed by atoms with Gasteiger partial charge in [0.1, 0.15) is 10.0 Å². The van der Waals surface area contributed by atoms with E-state index in [0.29, 0.717) is 0 Å². The molecule has 0 radical (unpaired) electrons. The van der Waals surface area contributed by atoms with E-state index in [4.69, 9.17) is 86.3 Å². The molecule has 0 atom stereocenters. The van der Waals surface area contributed by atoms with Crippen LogP contribution in [0.4, 0.5) is 0 Å². The molecular formula is C7HCl7O2. The van der Waals surface area contributed by atoms with Crippen LogP contribution in [0.25, 0.3) is 0 Å². The van der Waals surface area contributed by atoms with Crippen LogP contribution in [-0.2, 0) is 0 Å². The standard InChI is InChI=1S/C7HCl7O2/c8-1-2(9)4(11)6(5(12)3(1)10)16-7(13,14)15/h15H. The first-order valence-electron chi connectivity index (χ1n) is 3.45. The van der Waals surface area contributed by atoms with Gasteiger partial charge >= 0.3 is 4.71 Å². The molecular weight excluding hydrogens is 364 g/mol. The maximum absolute atomic E-state index is 9.04. The third-order valence-corrected chi connectivity index (χ3v) is 3.79. The Morgan fingerprint density at radius 3 is 1.38 bits per heavy atom. The highest BCUT2D eigenvalue weighted by molar-refractivity contribution is 6.56. The molecule has 0 spiro atoms. The van der Waals surface area contributed by atoms with Crippen molar-refractivity contribution in [1.29, 1.82) is 0 Å². The second-order valence-electron chi connectivity index (χ2n) is 2.49. The van der Waals surface area contributed by atoms with Gasteiger partial charge in [-0.15, -0.1) is 0 Å². The first-order chi connectivity index (χ1) is 7.15. The number of benzene rings is 1. The Morgan fingerprint density at radius 1 is 0.750 bits per heavy atom. The summed E-state index contributed by atoms with van der Waals surface area (Å²) in [6, 6.07) is 0. The first-order valence-corrected chi connectivity index (χ1v) is 6.10. The van der Waals surface area contributed by atoms with E-state index in [1.54, 1.807) is 0 Å². The van der Waals surface area contributed by atoms with Gasteiger partial charge in [-0.1, -0.05) is 58.0 Å². The molecule has 1 N–H and O–H groups in total. The van der Waals surface area contributed by atoms with Gasteiger partial charge in [-0.25, -0.2) is 0 Å². The highest BCUT2D eigenvalue weighted by Gasteiger charge is 2.28. The molecule has 16 heavy (non-hydrogen) atoms. The van der Waals surface area contributed by atoms with Crippen LogP contribution in [-0.4, -0.2) is 9.81 Å². The van der Waals surface area contributed by atoms with Crippen LogP contribution in [0.2, 0.25) is 25.1 Å². The van der Waals surface area contributed by atoms with Crippen molar-refractivity contribution in [3.05, 3.63) is 25.1 Å². The molecule has 0 aliphatic carbocycles. The van der Waals surface area contributed by atoms with E-state index in [1.807, 2.05) is 0 Å². The second kappa shape index (κ2) is 5.33. The molecule has 0 unspecified atom stereocenters. The summed E-state index contributed by atoms with van der Waals surface area (Å²) in [5.41, 5.74) is 0. The summed E-state index contributed by atoms with van der Waals surface area (Å²) in [5, 5.41) is 8.48. The zero-order valence-corrected chi connectivity index (χ0v) is 12.3. The maximum atomic E-state index is 9.04. The predicted octanol–water partition coefficient (Wildman–Crippen LogP) is 5.41. The number of halogens is 7. The van der Waals surface area contributed by atoms with Crippen molar-refractivity contribution >= 4 is 81.2 Å². The third kappa shape index (κ3) is 3.27. The van der Waals surface area contributed by atoms with Crippen molar-refractivity contribution < 1.29 is 9.84 Å². The zero-order chi connectivity index (χ0) is 12.7. The van der Waals surface area contributed by atoms with Crippen LogP contribution in [0.1, 0.15) is 0 Å². The summed E-state index contributed by atoms with van der Waals surface area (Å²) in [5.74, 6) is -0.268. The number of rotatable bonds is 2. The van der Waals surface area contributed by atoms with Crippen LogP contribution >= 0.6 is 81.2 Å². The molecule has 0 heterocycles. The van der Waals surface area contributed by atoms with Crippen LogP contribution < -0.4 is 4.74 Å². The average Bonchev–Trinajstić information content (AvgIpc) is 2.17. The lowest BCUT2D eigenvalue weighted by Crippen LogP contribution is -2.20. The fourth-order valence-electron chi connectivity index (χ4n) is 0.797.